The van der Waals surface area contributed by atoms with Crippen LogP contribution in [0.3, 0.4) is 0 Å². The van der Waals surface area contributed by atoms with E-state index in [1.54, 1.807) is 6.20 Å². The molecule has 1 saturated heterocycles. The zero-order valence-electron chi connectivity index (χ0n) is 13.2. The summed E-state index contributed by atoms with van der Waals surface area (Å²) in [6, 6.07) is 10.5. The van der Waals surface area contributed by atoms with Gasteiger partial charge in [-0.05, 0) is 49.6 Å². The molecule has 0 radical (unpaired) electrons. The number of fused-ring (bicyclic) bond motifs is 1. The van der Waals surface area contributed by atoms with E-state index in [1.807, 2.05) is 23.4 Å². The number of amides is 1. The first-order valence-corrected chi connectivity index (χ1v) is 8.08. The van der Waals surface area contributed by atoms with Crippen molar-refractivity contribution in [1.29, 1.82) is 0 Å². The summed E-state index contributed by atoms with van der Waals surface area (Å²) in [6.45, 7) is 3.68. The SMILES string of the molecule is Cc1ccc2ncn(C3CCN(C(=O)c4ccc[nH]4)CC3)c2c1. The summed E-state index contributed by atoms with van der Waals surface area (Å²) in [5.74, 6) is 0.0970. The summed E-state index contributed by atoms with van der Waals surface area (Å²) in [6.07, 6.45) is 5.66. The molecule has 118 valence electrons. The minimum atomic E-state index is 0.0970. The smallest absolute Gasteiger partial charge is 0.270 e. The van der Waals surface area contributed by atoms with Crippen molar-refractivity contribution in [1.82, 2.24) is 19.4 Å². The molecule has 5 nitrogen and oxygen atoms in total. The Kier molecular flexibility index (Phi) is 3.41. The van der Waals surface area contributed by atoms with Crippen molar-refractivity contribution < 1.29 is 4.79 Å². The molecule has 4 rings (SSSR count). The third-order valence-electron chi connectivity index (χ3n) is 4.70. The second kappa shape index (κ2) is 5.57. The lowest BCUT2D eigenvalue weighted by atomic mass is 10.0. The fourth-order valence-electron chi connectivity index (χ4n) is 3.41. The summed E-state index contributed by atoms with van der Waals surface area (Å²) in [5, 5.41) is 0. The fraction of sp³-hybridized carbons (Fsp3) is 0.333. The van der Waals surface area contributed by atoms with Crippen LogP contribution in [0.25, 0.3) is 11.0 Å². The topological polar surface area (TPSA) is 53.9 Å². The van der Waals surface area contributed by atoms with Gasteiger partial charge in [-0.1, -0.05) is 6.07 Å². The quantitative estimate of drug-likeness (QED) is 0.790. The molecule has 1 fully saturated rings. The number of aromatic amines is 1. The number of piperidine rings is 1. The first kappa shape index (κ1) is 14.1. The van der Waals surface area contributed by atoms with Gasteiger partial charge in [-0.15, -0.1) is 0 Å². The zero-order valence-corrected chi connectivity index (χ0v) is 13.2. The van der Waals surface area contributed by atoms with Crippen LogP contribution in [0.15, 0.2) is 42.9 Å². The number of imidazole rings is 1. The molecule has 2 aromatic heterocycles. The van der Waals surface area contributed by atoms with Crippen molar-refractivity contribution >= 4 is 16.9 Å². The van der Waals surface area contributed by atoms with E-state index in [2.05, 4.69) is 39.7 Å². The number of rotatable bonds is 2. The normalized spacial score (nSPS) is 16.1. The Morgan fingerprint density at radius 3 is 2.83 bits per heavy atom. The molecule has 1 aromatic carbocycles. The molecule has 1 N–H and O–H groups in total. The molecular formula is C18H20N4O. The molecule has 3 heterocycles. The number of hydrogen-bond acceptors (Lipinski definition) is 2. The number of likely N-dealkylation sites (tertiary alicyclic amines) is 1. The van der Waals surface area contributed by atoms with Gasteiger partial charge in [0.2, 0.25) is 0 Å². The lowest BCUT2D eigenvalue weighted by Gasteiger charge is -2.32. The Bertz CT molecular complexity index is 826. The van der Waals surface area contributed by atoms with Gasteiger partial charge in [0.15, 0.2) is 0 Å². The van der Waals surface area contributed by atoms with Gasteiger partial charge < -0.3 is 14.5 Å². The van der Waals surface area contributed by atoms with Gasteiger partial charge in [-0.3, -0.25) is 4.79 Å². The maximum atomic E-state index is 12.4. The second-order valence-electron chi connectivity index (χ2n) is 6.25. The van der Waals surface area contributed by atoms with Crippen LogP contribution in [0.4, 0.5) is 0 Å². The molecule has 0 unspecified atom stereocenters. The number of nitrogens with zero attached hydrogens (tertiary/aromatic N) is 3. The van der Waals surface area contributed by atoms with Crippen molar-refractivity contribution in [2.45, 2.75) is 25.8 Å². The Hall–Kier alpha value is -2.56. The van der Waals surface area contributed by atoms with Crippen LogP contribution < -0.4 is 0 Å². The van der Waals surface area contributed by atoms with Crippen LogP contribution in [0, 0.1) is 6.92 Å². The highest BCUT2D eigenvalue weighted by molar-refractivity contribution is 5.92. The van der Waals surface area contributed by atoms with E-state index in [0.717, 1.165) is 31.4 Å². The van der Waals surface area contributed by atoms with E-state index in [4.69, 9.17) is 0 Å². The van der Waals surface area contributed by atoms with Crippen molar-refractivity contribution in [2.24, 2.45) is 0 Å². The number of aromatic nitrogens is 3. The molecule has 0 spiro atoms. The summed E-state index contributed by atoms with van der Waals surface area (Å²) in [7, 11) is 0. The maximum Gasteiger partial charge on any atom is 0.270 e. The number of carbonyl (C=O) groups excluding carboxylic acids is 1. The van der Waals surface area contributed by atoms with Gasteiger partial charge >= 0.3 is 0 Å². The van der Waals surface area contributed by atoms with Crippen LogP contribution in [0.1, 0.15) is 34.9 Å². The van der Waals surface area contributed by atoms with Crippen LogP contribution in [0.5, 0.6) is 0 Å². The molecule has 1 aliphatic heterocycles. The van der Waals surface area contributed by atoms with E-state index in [-0.39, 0.29) is 5.91 Å². The average molecular weight is 308 g/mol. The average Bonchev–Trinajstić information content (AvgIpc) is 3.24. The van der Waals surface area contributed by atoms with Crippen molar-refractivity contribution in [3.63, 3.8) is 0 Å². The van der Waals surface area contributed by atoms with Gasteiger partial charge in [-0.25, -0.2) is 4.98 Å². The minimum Gasteiger partial charge on any atom is -0.357 e. The summed E-state index contributed by atoms with van der Waals surface area (Å²) in [4.78, 5) is 21.8. The van der Waals surface area contributed by atoms with Gasteiger partial charge in [0.25, 0.3) is 5.91 Å². The molecule has 23 heavy (non-hydrogen) atoms. The standard InChI is InChI=1S/C18H20N4O/c1-13-4-5-15-17(11-13)22(12-20-15)14-6-9-21(10-7-14)18(23)16-3-2-8-19-16/h2-5,8,11-12,14,19H,6-7,9-10H2,1H3. The van der Waals surface area contributed by atoms with Crippen LogP contribution in [-0.2, 0) is 0 Å². The number of aryl methyl sites for hydroxylation is 1. The molecule has 0 bridgehead atoms. The van der Waals surface area contributed by atoms with Gasteiger partial charge in [0.1, 0.15) is 5.69 Å². The van der Waals surface area contributed by atoms with Crippen molar-refractivity contribution in [3.05, 3.63) is 54.1 Å². The molecule has 5 heteroatoms. The number of nitrogens with one attached hydrogen (secondary N) is 1. The highest BCUT2D eigenvalue weighted by Gasteiger charge is 2.25. The zero-order chi connectivity index (χ0) is 15.8. The Morgan fingerprint density at radius 2 is 2.09 bits per heavy atom. The van der Waals surface area contributed by atoms with E-state index in [0.29, 0.717) is 11.7 Å². The Balaban J connectivity index is 1.51. The summed E-state index contributed by atoms with van der Waals surface area (Å²) in [5.41, 5.74) is 4.16. The molecule has 0 saturated carbocycles. The number of hydrogen-bond donors (Lipinski definition) is 1. The van der Waals surface area contributed by atoms with Gasteiger partial charge in [0, 0.05) is 25.3 Å². The lowest BCUT2D eigenvalue weighted by Crippen LogP contribution is -2.39. The largest absolute Gasteiger partial charge is 0.357 e. The van der Waals surface area contributed by atoms with Crippen molar-refractivity contribution in [2.75, 3.05) is 13.1 Å². The maximum absolute atomic E-state index is 12.4. The molecule has 0 aliphatic carbocycles. The van der Waals surface area contributed by atoms with E-state index < -0.39 is 0 Å². The van der Waals surface area contributed by atoms with Crippen LogP contribution in [-0.4, -0.2) is 38.4 Å². The number of H-pyrrole nitrogens is 1. The van der Waals surface area contributed by atoms with Crippen LogP contribution >= 0.6 is 0 Å². The highest BCUT2D eigenvalue weighted by atomic mass is 16.2. The van der Waals surface area contributed by atoms with Gasteiger partial charge in [-0.2, -0.15) is 0 Å². The van der Waals surface area contributed by atoms with Crippen LogP contribution in [0.2, 0.25) is 0 Å². The number of benzene rings is 1. The highest BCUT2D eigenvalue weighted by Crippen LogP contribution is 2.27. The van der Waals surface area contributed by atoms with Gasteiger partial charge in [0.05, 0.1) is 17.4 Å². The molecule has 1 aliphatic rings. The third-order valence-corrected chi connectivity index (χ3v) is 4.70. The number of carbonyl (C=O) groups is 1. The molecule has 1 amide bonds. The second-order valence-corrected chi connectivity index (χ2v) is 6.25. The first-order chi connectivity index (χ1) is 11.2. The Morgan fingerprint density at radius 1 is 1.26 bits per heavy atom. The molecule has 3 aromatic rings. The predicted molar refractivity (Wildman–Crippen MR) is 89.4 cm³/mol. The molecule has 0 atom stereocenters. The molecular weight excluding hydrogens is 288 g/mol. The minimum absolute atomic E-state index is 0.0970. The summed E-state index contributed by atoms with van der Waals surface area (Å²) < 4.78 is 2.28. The fourth-order valence-corrected chi connectivity index (χ4v) is 3.41. The lowest BCUT2D eigenvalue weighted by molar-refractivity contribution is 0.0690. The van der Waals surface area contributed by atoms with E-state index in [1.165, 1.54) is 11.1 Å². The predicted octanol–water partition coefficient (Wildman–Crippen LogP) is 3.15. The Labute approximate surface area is 134 Å². The summed E-state index contributed by atoms with van der Waals surface area (Å²) >= 11 is 0. The van der Waals surface area contributed by atoms with E-state index >= 15 is 0 Å². The first-order valence-electron chi connectivity index (χ1n) is 8.08. The monoisotopic (exact) mass is 308 g/mol. The van der Waals surface area contributed by atoms with E-state index in [9.17, 15) is 4.79 Å². The van der Waals surface area contributed by atoms with Crippen molar-refractivity contribution in [3.8, 4) is 0 Å². The third kappa shape index (κ3) is 2.52.